The highest BCUT2D eigenvalue weighted by molar-refractivity contribution is 6.30. The zero-order chi connectivity index (χ0) is 38.7. The zero-order valence-electron chi connectivity index (χ0n) is 32.2. The van der Waals surface area contributed by atoms with Gasteiger partial charge in [-0.15, -0.1) is 12.4 Å². The van der Waals surface area contributed by atoms with Gasteiger partial charge in [0.1, 0.15) is 23.8 Å². The third-order valence-corrected chi connectivity index (χ3v) is 9.32. The van der Waals surface area contributed by atoms with Gasteiger partial charge in [-0.2, -0.15) is 0 Å². The molecule has 2 N–H and O–H groups in total. The van der Waals surface area contributed by atoms with Crippen LogP contribution in [0.15, 0.2) is 84.9 Å². The van der Waals surface area contributed by atoms with Crippen LogP contribution in [0.25, 0.3) is 0 Å². The number of aryl methyl sites for hydroxylation is 1. The normalized spacial score (nSPS) is 15.4. The summed E-state index contributed by atoms with van der Waals surface area (Å²) in [7, 11) is 3.26. The van der Waals surface area contributed by atoms with Gasteiger partial charge in [-0.1, -0.05) is 80.9 Å². The fraction of sp³-hybridized carbons (Fsp3) is 0.395. The Morgan fingerprint density at radius 3 is 2.33 bits per heavy atom. The van der Waals surface area contributed by atoms with Crippen molar-refractivity contribution in [2.45, 2.75) is 65.2 Å². The Kier molecular flexibility index (Phi) is 16.2. The average Bonchev–Trinajstić information content (AvgIpc) is 3.25. The monoisotopic (exact) mass is 795 g/mol. The highest BCUT2D eigenvalue weighted by atomic mass is 35.5. The van der Waals surface area contributed by atoms with E-state index < -0.39 is 23.9 Å². The lowest BCUT2D eigenvalue weighted by Gasteiger charge is -2.31. The minimum absolute atomic E-state index is 0. The van der Waals surface area contributed by atoms with Crippen molar-refractivity contribution < 1.29 is 32.9 Å². The molecule has 0 saturated carbocycles. The van der Waals surface area contributed by atoms with Crippen LogP contribution in [-0.2, 0) is 27.3 Å². The van der Waals surface area contributed by atoms with Crippen LogP contribution in [0.1, 0.15) is 68.4 Å². The summed E-state index contributed by atoms with van der Waals surface area (Å²) in [4.78, 5) is 29.4. The molecule has 0 spiro atoms. The van der Waals surface area contributed by atoms with Crippen LogP contribution >= 0.6 is 24.0 Å². The van der Waals surface area contributed by atoms with E-state index in [0.29, 0.717) is 52.1 Å². The number of anilines is 1. The topological polar surface area (TPSA) is 98.4 Å². The summed E-state index contributed by atoms with van der Waals surface area (Å²) in [6, 6.07) is 25.2. The van der Waals surface area contributed by atoms with Crippen molar-refractivity contribution in [3.05, 3.63) is 118 Å². The van der Waals surface area contributed by atoms with Crippen LogP contribution in [0, 0.1) is 11.2 Å². The van der Waals surface area contributed by atoms with E-state index in [1.165, 1.54) is 11.6 Å². The number of carbonyl (C=O) groups excluding carboxylic acids is 2. The van der Waals surface area contributed by atoms with E-state index in [1.54, 1.807) is 49.5 Å². The molecule has 9 nitrogen and oxygen atoms in total. The lowest BCUT2D eigenvalue weighted by Crippen LogP contribution is -2.45. The number of nitrogens with one attached hydrogen (secondary N) is 2. The Morgan fingerprint density at radius 2 is 1.60 bits per heavy atom. The Hall–Kier alpha value is -4.35. The molecule has 0 aliphatic carbocycles. The number of hydrogen-bond donors (Lipinski definition) is 2. The largest absolute Gasteiger partial charge is 0.496 e. The van der Waals surface area contributed by atoms with Crippen LogP contribution in [0.5, 0.6) is 17.2 Å². The van der Waals surface area contributed by atoms with Crippen LogP contribution in [0.2, 0.25) is 5.02 Å². The molecule has 1 heterocycles. The first-order valence-electron chi connectivity index (χ1n) is 18.4. The molecule has 0 saturated heterocycles. The number of carbonyl (C=O) groups is 2. The van der Waals surface area contributed by atoms with Crippen molar-refractivity contribution in [3.8, 4) is 17.2 Å². The molecule has 5 rings (SSSR count). The van der Waals surface area contributed by atoms with Crippen molar-refractivity contribution in [2.75, 3.05) is 45.4 Å². The number of rotatable bonds is 17. The van der Waals surface area contributed by atoms with Crippen molar-refractivity contribution in [3.63, 3.8) is 0 Å². The molecule has 1 aliphatic heterocycles. The van der Waals surface area contributed by atoms with Crippen LogP contribution in [0.4, 0.5) is 10.1 Å². The second-order valence-corrected chi connectivity index (χ2v) is 14.9. The molecule has 0 fully saturated rings. The minimum Gasteiger partial charge on any atom is -0.496 e. The molecule has 55 heavy (non-hydrogen) atoms. The van der Waals surface area contributed by atoms with E-state index in [4.69, 9.17) is 30.5 Å². The summed E-state index contributed by atoms with van der Waals surface area (Å²) in [5, 5.41) is 6.71. The number of hydrogen-bond acceptors (Lipinski definition) is 7. The zero-order valence-corrected chi connectivity index (χ0v) is 33.7. The van der Waals surface area contributed by atoms with Crippen molar-refractivity contribution in [2.24, 2.45) is 5.41 Å². The number of halogens is 3. The molecule has 0 bridgehead atoms. The van der Waals surface area contributed by atoms with Gasteiger partial charge < -0.3 is 34.5 Å². The molecule has 0 unspecified atom stereocenters. The van der Waals surface area contributed by atoms with Gasteiger partial charge >= 0.3 is 0 Å². The van der Waals surface area contributed by atoms with E-state index in [9.17, 15) is 14.0 Å². The average molecular weight is 797 g/mol. The van der Waals surface area contributed by atoms with Crippen molar-refractivity contribution in [1.82, 2.24) is 10.6 Å². The van der Waals surface area contributed by atoms with Gasteiger partial charge in [-0.25, -0.2) is 4.39 Å². The maximum Gasteiger partial charge on any atom is 0.256 e. The molecule has 4 aromatic carbocycles. The van der Waals surface area contributed by atoms with Crippen LogP contribution < -0.4 is 29.7 Å². The van der Waals surface area contributed by atoms with Crippen LogP contribution in [-0.4, -0.2) is 58.4 Å². The second kappa shape index (κ2) is 20.5. The first kappa shape index (κ1) is 43.4. The molecule has 2 amide bonds. The van der Waals surface area contributed by atoms with E-state index in [0.717, 1.165) is 38.1 Å². The van der Waals surface area contributed by atoms with Crippen molar-refractivity contribution in [1.29, 1.82) is 0 Å². The fourth-order valence-electron chi connectivity index (χ4n) is 6.55. The van der Waals surface area contributed by atoms with Gasteiger partial charge in [0.2, 0.25) is 5.91 Å². The number of fused-ring (bicyclic) bond motifs is 1. The van der Waals surface area contributed by atoms with Crippen LogP contribution in [0.3, 0.4) is 0 Å². The predicted molar refractivity (Wildman–Crippen MR) is 217 cm³/mol. The maximum atomic E-state index is 14.4. The Balaban J connectivity index is 0.00000673. The SMILES string of the molecule is COc1ccccc1CCCNCCCOc1cccc([C@H]2O[C@H](CC(=O)NCc3ccccc3F)C(=O)N(CC(C)(C)C)c3ccc(Cl)cc32)c1OC.Cl. The van der Waals surface area contributed by atoms with E-state index in [2.05, 4.69) is 16.7 Å². The number of methoxy groups -OCH3 is 2. The predicted octanol–water partition coefficient (Wildman–Crippen LogP) is 8.48. The van der Waals surface area contributed by atoms with Crippen molar-refractivity contribution >= 4 is 41.5 Å². The maximum absolute atomic E-state index is 14.4. The summed E-state index contributed by atoms with van der Waals surface area (Å²) in [5.74, 6) is 0.659. The second-order valence-electron chi connectivity index (χ2n) is 14.5. The molecule has 0 radical (unpaired) electrons. The highest BCUT2D eigenvalue weighted by Gasteiger charge is 2.40. The smallest absolute Gasteiger partial charge is 0.256 e. The number of ether oxygens (including phenoxy) is 4. The number of nitrogens with zero attached hydrogens (tertiary/aromatic N) is 1. The summed E-state index contributed by atoms with van der Waals surface area (Å²) in [6.45, 7) is 8.53. The first-order chi connectivity index (χ1) is 26.0. The first-order valence-corrected chi connectivity index (χ1v) is 18.8. The lowest BCUT2D eigenvalue weighted by atomic mass is 9.94. The van der Waals surface area contributed by atoms with E-state index in [-0.39, 0.29) is 36.7 Å². The number of benzene rings is 4. The van der Waals surface area contributed by atoms with Gasteiger partial charge in [0.05, 0.1) is 27.2 Å². The van der Waals surface area contributed by atoms with E-state index in [1.807, 2.05) is 63.2 Å². The van der Waals surface area contributed by atoms with Gasteiger partial charge in [-0.05, 0) is 79.7 Å². The standard InChI is InChI=1S/C43H51ClFN3O6.ClH/c1-43(2,3)28-48-35-21-20-31(44)25-33(35)40(54-38(42(48)50)26-39(49)47-27-30-14-6-8-17-34(30)45)32-16-10-19-37(41(32)52-5)53-24-12-23-46-22-11-15-29-13-7-9-18-36(29)51-4;/h6-10,13-14,16-21,25,38,40,46H,11-12,15,22-24,26-28H2,1-5H3,(H,47,49);1H/t38-,40-;/m1./s1. The minimum atomic E-state index is -1.17. The van der Waals surface area contributed by atoms with Gasteiger partial charge in [0.25, 0.3) is 5.91 Å². The number of amides is 2. The molecule has 0 aromatic heterocycles. The summed E-state index contributed by atoms with van der Waals surface area (Å²) < 4.78 is 38.7. The summed E-state index contributed by atoms with van der Waals surface area (Å²) in [6.07, 6.45) is 0.367. The Bertz CT molecular complexity index is 1890. The lowest BCUT2D eigenvalue weighted by molar-refractivity contribution is -0.138. The van der Waals surface area contributed by atoms with E-state index >= 15 is 0 Å². The molecule has 2 atom stereocenters. The molecule has 296 valence electrons. The number of para-hydroxylation sites is 2. The highest BCUT2D eigenvalue weighted by Crippen LogP contribution is 2.45. The summed E-state index contributed by atoms with van der Waals surface area (Å²) >= 11 is 6.59. The molecule has 12 heteroatoms. The quantitative estimate of drug-likeness (QED) is 0.104. The molecule has 4 aromatic rings. The third-order valence-electron chi connectivity index (χ3n) is 9.09. The molecular weight excluding hydrogens is 744 g/mol. The molecule has 1 aliphatic rings. The van der Waals surface area contributed by atoms with Gasteiger partial charge in [0, 0.05) is 40.5 Å². The summed E-state index contributed by atoms with van der Waals surface area (Å²) in [5.41, 5.74) is 3.15. The fourth-order valence-corrected chi connectivity index (χ4v) is 6.73. The Morgan fingerprint density at radius 1 is 0.891 bits per heavy atom. The Labute approximate surface area is 335 Å². The third kappa shape index (κ3) is 11.8. The van der Waals surface area contributed by atoms with Gasteiger partial charge in [-0.3, -0.25) is 9.59 Å². The van der Waals surface area contributed by atoms with Gasteiger partial charge in [0.15, 0.2) is 11.5 Å². The molecular formula is C43H52Cl2FN3O6.